The van der Waals surface area contributed by atoms with E-state index in [-0.39, 0.29) is 36.5 Å². The van der Waals surface area contributed by atoms with Crippen LogP contribution in [-0.2, 0) is 9.53 Å². The number of carbonyl (C=O) groups is 3. The molecule has 0 bridgehead atoms. The van der Waals surface area contributed by atoms with Crippen LogP contribution in [0.1, 0.15) is 34.3 Å². The Morgan fingerprint density at radius 1 is 1.17 bits per heavy atom. The van der Waals surface area contributed by atoms with Gasteiger partial charge in [0.05, 0.1) is 18.4 Å². The zero-order valence-electron chi connectivity index (χ0n) is 16.3. The molecule has 29 heavy (non-hydrogen) atoms. The second kappa shape index (κ2) is 9.72. The van der Waals surface area contributed by atoms with Gasteiger partial charge in [-0.05, 0) is 31.2 Å². The van der Waals surface area contributed by atoms with Gasteiger partial charge in [-0.3, -0.25) is 9.59 Å². The number of furan rings is 1. The second-order valence-electron chi connectivity index (χ2n) is 6.48. The highest BCUT2D eigenvalue weighted by molar-refractivity contribution is 5.91. The van der Waals surface area contributed by atoms with Crippen molar-refractivity contribution in [2.24, 2.45) is 0 Å². The van der Waals surface area contributed by atoms with Gasteiger partial charge in [-0.15, -0.1) is 0 Å². The van der Waals surface area contributed by atoms with Crippen LogP contribution in [0.3, 0.4) is 0 Å². The zero-order chi connectivity index (χ0) is 20.6. The summed E-state index contributed by atoms with van der Waals surface area (Å²) < 4.78 is 9.96. The molecule has 3 heterocycles. The first-order chi connectivity index (χ1) is 14.1. The van der Waals surface area contributed by atoms with Gasteiger partial charge in [0.1, 0.15) is 5.82 Å². The number of carbonyl (C=O) groups excluding carboxylic acids is 3. The van der Waals surface area contributed by atoms with E-state index in [1.54, 1.807) is 36.1 Å². The molecule has 1 saturated heterocycles. The molecule has 0 radical (unpaired) electrons. The van der Waals surface area contributed by atoms with E-state index in [1.807, 2.05) is 0 Å². The van der Waals surface area contributed by atoms with E-state index in [0.717, 1.165) is 5.82 Å². The number of nitrogens with zero attached hydrogens (tertiary/aromatic N) is 3. The van der Waals surface area contributed by atoms with Crippen molar-refractivity contribution in [3.05, 3.63) is 48.0 Å². The van der Waals surface area contributed by atoms with Crippen molar-refractivity contribution in [1.29, 1.82) is 0 Å². The summed E-state index contributed by atoms with van der Waals surface area (Å²) >= 11 is 0. The fraction of sp³-hybridized carbons (Fsp3) is 0.400. The van der Waals surface area contributed by atoms with Crippen LogP contribution in [-0.4, -0.2) is 67.0 Å². The molecule has 2 aromatic rings. The third kappa shape index (κ3) is 5.34. The van der Waals surface area contributed by atoms with Gasteiger partial charge in [0, 0.05) is 45.3 Å². The van der Waals surface area contributed by atoms with Crippen LogP contribution in [0.2, 0.25) is 0 Å². The number of hydrogen-bond acceptors (Lipinski definition) is 7. The third-order valence-electron chi connectivity index (χ3n) is 4.58. The molecule has 2 amide bonds. The lowest BCUT2D eigenvalue weighted by Gasteiger charge is -2.35. The lowest BCUT2D eigenvalue weighted by Crippen LogP contribution is -2.49. The van der Waals surface area contributed by atoms with Crippen LogP contribution in [0.25, 0.3) is 0 Å². The van der Waals surface area contributed by atoms with Crippen molar-refractivity contribution >= 4 is 23.6 Å². The van der Waals surface area contributed by atoms with E-state index in [1.165, 1.54) is 12.5 Å². The number of hydrogen-bond donors (Lipinski definition) is 1. The summed E-state index contributed by atoms with van der Waals surface area (Å²) in [6.45, 7) is 4.79. The standard InChI is InChI=1S/C20H24N4O5/c1-2-28-20(27)15-5-6-17(22-14-15)23-9-11-24(12-10-23)18(25)7-8-21-19(26)16-4-3-13-29-16/h3-6,13-14H,2,7-12H2,1H3,(H,21,26). The largest absolute Gasteiger partial charge is 0.462 e. The Labute approximate surface area is 168 Å². The molecule has 1 aliphatic rings. The van der Waals surface area contributed by atoms with Gasteiger partial charge in [0.15, 0.2) is 5.76 Å². The summed E-state index contributed by atoms with van der Waals surface area (Å²) in [6.07, 6.45) is 3.17. The third-order valence-corrected chi connectivity index (χ3v) is 4.58. The SMILES string of the molecule is CCOC(=O)c1ccc(N2CCN(C(=O)CCNC(=O)c3ccco3)CC2)nc1. The number of anilines is 1. The predicted molar refractivity (Wildman–Crippen MR) is 105 cm³/mol. The number of rotatable bonds is 7. The molecule has 154 valence electrons. The van der Waals surface area contributed by atoms with Crippen molar-refractivity contribution in [3.8, 4) is 0 Å². The van der Waals surface area contributed by atoms with Gasteiger partial charge in [-0.2, -0.15) is 0 Å². The van der Waals surface area contributed by atoms with Crippen LogP contribution < -0.4 is 10.2 Å². The van der Waals surface area contributed by atoms with Crippen LogP contribution in [0.15, 0.2) is 41.1 Å². The molecule has 2 aromatic heterocycles. The Hall–Kier alpha value is -3.36. The lowest BCUT2D eigenvalue weighted by molar-refractivity contribution is -0.131. The van der Waals surface area contributed by atoms with Crippen molar-refractivity contribution < 1.29 is 23.5 Å². The number of aromatic nitrogens is 1. The average Bonchev–Trinajstić information content (AvgIpc) is 3.29. The van der Waals surface area contributed by atoms with E-state index in [0.29, 0.717) is 38.3 Å². The first kappa shape index (κ1) is 20.4. The minimum Gasteiger partial charge on any atom is -0.462 e. The molecule has 0 aliphatic carbocycles. The summed E-state index contributed by atoms with van der Waals surface area (Å²) in [7, 11) is 0. The maximum absolute atomic E-state index is 12.4. The molecule has 9 heteroatoms. The Morgan fingerprint density at radius 2 is 1.97 bits per heavy atom. The average molecular weight is 400 g/mol. The molecular formula is C20H24N4O5. The van der Waals surface area contributed by atoms with Gasteiger partial charge in [0.25, 0.3) is 5.91 Å². The molecule has 0 saturated carbocycles. The van der Waals surface area contributed by atoms with E-state index >= 15 is 0 Å². The highest BCUT2D eigenvalue weighted by Gasteiger charge is 2.22. The summed E-state index contributed by atoms with van der Waals surface area (Å²) in [5.41, 5.74) is 0.418. The maximum Gasteiger partial charge on any atom is 0.339 e. The van der Waals surface area contributed by atoms with E-state index in [9.17, 15) is 14.4 Å². The van der Waals surface area contributed by atoms with Crippen LogP contribution in [0.5, 0.6) is 0 Å². The lowest BCUT2D eigenvalue weighted by atomic mass is 10.2. The first-order valence-electron chi connectivity index (χ1n) is 9.56. The molecule has 0 spiro atoms. The number of piperazine rings is 1. The smallest absolute Gasteiger partial charge is 0.339 e. The van der Waals surface area contributed by atoms with Gasteiger partial charge >= 0.3 is 5.97 Å². The number of ether oxygens (including phenoxy) is 1. The van der Waals surface area contributed by atoms with E-state index in [2.05, 4.69) is 15.2 Å². The van der Waals surface area contributed by atoms with Crippen LogP contribution >= 0.6 is 0 Å². The molecule has 1 aliphatic heterocycles. The summed E-state index contributed by atoms with van der Waals surface area (Å²) in [4.78, 5) is 44.0. The van der Waals surface area contributed by atoms with Crippen molar-refractivity contribution in [2.75, 3.05) is 44.2 Å². The molecule has 0 unspecified atom stereocenters. The fourth-order valence-corrected chi connectivity index (χ4v) is 3.03. The minimum atomic E-state index is -0.388. The fourth-order valence-electron chi connectivity index (χ4n) is 3.03. The van der Waals surface area contributed by atoms with Crippen LogP contribution in [0.4, 0.5) is 5.82 Å². The number of nitrogens with one attached hydrogen (secondary N) is 1. The predicted octanol–water partition coefficient (Wildman–Crippen LogP) is 1.32. The monoisotopic (exact) mass is 400 g/mol. The zero-order valence-corrected chi connectivity index (χ0v) is 16.3. The Kier molecular flexibility index (Phi) is 6.83. The van der Waals surface area contributed by atoms with Gasteiger partial charge in [-0.1, -0.05) is 0 Å². The maximum atomic E-state index is 12.4. The topological polar surface area (TPSA) is 105 Å². The van der Waals surface area contributed by atoms with Crippen molar-refractivity contribution in [1.82, 2.24) is 15.2 Å². The van der Waals surface area contributed by atoms with Gasteiger partial charge in [-0.25, -0.2) is 9.78 Å². The molecule has 3 rings (SSSR count). The molecule has 1 fully saturated rings. The molecule has 0 aromatic carbocycles. The summed E-state index contributed by atoms with van der Waals surface area (Å²) in [6, 6.07) is 6.69. The van der Waals surface area contributed by atoms with Crippen LogP contribution in [0, 0.1) is 0 Å². The summed E-state index contributed by atoms with van der Waals surface area (Å²) in [5, 5.41) is 2.67. The molecular weight excluding hydrogens is 376 g/mol. The molecule has 9 nitrogen and oxygen atoms in total. The second-order valence-corrected chi connectivity index (χ2v) is 6.48. The van der Waals surface area contributed by atoms with Crippen molar-refractivity contribution in [3.63, 3.8) is 0 Å². The van der Waals surface area contributed by atoms with E-state index < -0.39 is 0 Å². The Bertz CT molecular complexity index is 827. The number of esters is 1. The number of pyridine rings is 1. The van der Waals surface area contributed by atoms with Gasteiger partial charge < -0.3 is 24.3 Å². The summed E-state index contributed by atoms with van der Waals surface area (Å²) in [5.74, 6) is 0.268. The first-order valence-corrected chi connectivity index (χ1v) is 9.56. The minimum absolute atomic E-state index is 0.00462. The van der Waals surface area contributed by atoms with Gasteiger partial charge in [0.2, 0.25) is 5.91 Å². The van der Waals surface area contributed by atoms with Crippen molar-refractivity contribution in [2.45, 2.75) is 13.3 Å². The normalized spacial score (nSPS) is 13.8. The molecule has 0 atom stereocenters. The highest BCUT2D eigenvalue weighted by Crippen LogP contribution is 2.15. The molecule has 1 N–H and O–H groups in total. The van der Waals surface area contributed by atoms with E-state index in [4.69, 9.17) is 9.15 Å². The number of amides is 2. The quantitative estimate of drug-likeness (QED) is 0.699. The Morgan fingerprint density at radius 3 is 2.59 bits per heavy atom. The Balaban J connectivity index is 1.42. The highest BCUT2D eigenvalue weighted by atomic mass is 16.5.